The van der Waals surface area contributed by atoms with Gasteiger partial charge in [-0.25, -0.2) is 22.2 Å². The SMILES string of the molecule is Cc1cc(Cc2cc3cc(C(F)(F)F)cnc3n2S(=O)(=O)c2ccc3c(c2)N(C)CCO3)ccc1C(=O)O. The van der Waals surface area contributed by atoms with E-state index in [1.54, 1.807) is 32.2 Å². The number of aromatic nitrogens is 2. The average Bonchev–Trinajstić information content (AvgIpc) is 3.21. The number of pyridine rings is 1. The molecule has 0 aliphatic carbocycles. The summed E-state index contributed by atoms with van der Waals surface area (Å²) < 4.78 is 74.6. The van der Waals surface area contributed by atoms with E-state index < -0.39 is 27.7 Å². The lowest BCUT2D eigenvalue weighted by molar-refractivity contribution is -0.137. The Balaban J connectivity index is 1.68. The molecule has 0 saturated carbocycles. The van der Waals surface area contributed by atoms with Crippen LogP contribution in [0.25, 0.3) is 11.0 Å². The zero-order valence-corrected chi connectivity index (χ0v) is 21.1. The molecule has 3 heterocycles. The van der Waals surface area contributed by atoms with Crippen molar-refractivity contribution in [1.82, 2.24) is 8.96 Å². The van der Waals surface area contributed by atoms with Crippen molar-refractivity contribution in [2.45, 2.75) is 24.4 Å². The van der Waals surface area contributed by atoms with Gasteiger partial charge in [-0.15, -0.1) is 0 Å². The first-order valence-corrected chi connectivity index (χ1v) is 12.9. The third-order valence-corrected chi connectivity index (χ3v) is 8.21. The summed E-state index contributed by atoms with van der Waals surface area (Å²) in [5, 5.41) is 9.33. The molecule has 0 radical (unpaired) electrons. The van der Waals surface area contributed by atoms with Gasteiger partial charge in [-0.05, 0) is 54.4 Å². The summed E-state index contributed by atoms with van der Waals surface area (Å²) in [4.78, 5) is 17.1. The summed E-state index contributed by atoms with van der Waals surface area (Å²) in [6.07, 6.45) is -4.04. The van der Waals surface area contributed by atoms with Crippen LogP contribution in [0.3, 0.4) is 0 Å². The summed E-state index contributed by atoms with van der Waals surface area (Å²) in [6.45, 7) is 2.62. The highest BCUT2D eigenvalue weighted by atomic mass is 32.2. The summed E-state index contributed by atoms with van der Waals surface area (Å²) >= 11 is 0. The van der Waals surface area contributed by atoms with E-state index in [-0.39, 0.29) is 33.6 Å². The number of carboxylic acids is 1. The molecule has 1 aliphatic heterocycles. The molecule has 38 heavy (non-hydrogen) atoms. The van der Waals surface area contributed by atoms with Crippen LogP contribution < -0.4 is 9.64 Å². The number of benzene rings is 2. The number of aryl methyl sites for hydroxylation is 1. The predicted molar refractivity (Wildman–Crippen MR) is 133 cm³/mol. The Hall–Kier alpha value is -4.06. The van der Waals surface area contributed by atoms with Gasteiger partial charge in [0, 0.05) is 30.7 Å². The van der Waals surface area contributed by atoms with Crippen molar-refractivity contribution in [2.75, 3.05) is 25.1 Å². The zero-order valence-electron chi connectivity index (χ0n) is 20.3. The number of halogens is 3. The van der Waals surface area contributed by atoms with E-state index in [2.05, 4.69) is 4.98 Å². The highest BCUT2D eigenvalue weighted by Crippen LogP contribution is 2.36. The van der Waals surface area contributed by atoms with Crippen LogP contribution in [0.5, 0.6) is 5.75 Å². The number of ether oxygens (including phenoxy) is 1. The lowest BCUT2D eigenvalue weighted by atomic mass is 10.0. The molecule has 1 aliphatic rings. The normalized spacial score (nSPS) is 13.9. The third-order valence-electron chi connectivity index (χ3n) is 6.47. The van der Waals surface area contributed by atoms with Crippen molar-refractivity contribution in [1.29, 1.82) is 0 Å². The van der Waals surface area contributed by atoms with Crippen LogP contribution in [0.1, 0.15) is 32.7 Å². The zero-order chi connectivity index (χ0) is 27.4. The minimum Gasteiger partial charge on any atom is -0.490 e. The van der Waals surface area contributed by atoms with Crippen LogP contribution in [0.4, 0.5) is 18.9 Å². The number of nitrogens with zero attached hydrogens (tertiary/aromatic N) is 3. The highest BCUT2D eigenvalue weighted by Gasteiger charge is 2.33. The van der Waals surface area contributed by atoms with E-state index in [1.807, 2.05) is 4.90 Å². The van der Waals surface area contributed by atoms with Gasteiger partial charge in [-0.3, -0.25) is 0 Å². The second kappa shape index (κ2) is 9.05. The Morgan fingerprint density at radius 1 is 1.13 bits per heavy atom. The highest BCUT2D eigenvalue weighted by molar-refractivity contribution is 7.90. The van der Waals surface area contributed by atoms with E-state index in [4.69, 9.17) is 4.74 Å². The maximum absolute atomic E-state index is 14.0. The average molecular weight is 546 g/mol. The Kier molecular flexibility index (Phi) is 6.09. The molecule has 0 bridgehead atoms. The molecule has 8 nitrogen and oxygen atoms in total. The molecule has 0 amide bonds. The summed E-state index contributed by atoms with van der Waals surface area (Å²) in [7, 11) is -2.51. The fourth-order valence-corrected chi connectivity index (χ4v) is 6.07. The number of rotatable bonds is 5. The molecule has 2 aromatic heterocycles. The maximum Gasteiger partial charge on any atom is 0.417 e. The third kappa shape index (κ3) is 4.44. The summed E-state index contributed by atoms with van der Waals surface area (Å²) in [5.41, 5.74) is 0.754. The molecule has 5 rings (SSSR count). The van der Waals surface area contributed by atoms with E-state index in [1.165, 1.54) is 24.3 Å². The van der Waals surface area contributed by atoms with Gasteiger partial charge in [-0.2, -0.15) is 13.2 Å². The van der Waals surface area contributed by atoms with Crippen LogP contribution in [0.2, 0.25) is 0 Å². The second-order valence-corrected chi connectivity index (χ2v) is 10.9. The van der Waals surface area contributed by atoms with E-state index in [0.717, 1.165) is 10.0 Å². The van der Waals surface area contributed by atoms with Crippen LogP contribution in [0.15, 0.2) is 59.6 Å². The van der Waals surface area contributed by atoms with Gasteiger partial charge >= 0.3 is 12.1 Å². The number of likely N-dealkylation sites (N-methyl/N-ethyl adjacent to an activating group) is 1. The first-order valence-electron chi connectivity index (χ1n) is 11.5. The van der Waals surface area contributed by atoms with Gasteiger partial charge < -0.3 is 14.7 Å². The minimum atomic E-state index is -4.66. The smallest absolute Gasteiger partial charge is 0.417 e. The molecular formula is C26H22F3N3O5S. The van der Waals surface area contributed by atoms with E-state index >= 15 is 0 Å². The molecule has 0 fully saturated rings. The fraction of sp³-hybridized carbons (Fsp3) is 0.231. The van der Waals surface area contributed by atoms with Crippen LogP contribution in [-0.2, 0) is 22.6 Å². The molecule has 2 aromatic carbocycles. The molecule has 12 heteroatoms. The van der Waals surface area contributed by atoms with Gasteiger partial charge in [0.15, 0.2) is 5.65 Å². The van der Waals surface area contributed by atoms with Crippen molar-refractivity contribution in [2.24, 2.45) is 0 Å². The number of alkyl halides is 3. The molecule has 1 N–H and O–H groups in total. The fourth-order valence-electron chi connectivity index (χ4n) is 4.55. The number of aromatic carboxylic acids is 1. The maximum atomic E-state index is 14.0. The van der Waals surface area contributed by atoms with Gasteiger partial charge in [0.2, 0.25) is 0 Å². The van der Waals surface area contributed by atoms with Crippen molar-refractivity contribution in [3.05, 3.63) is 82.7 Å². The monoisotopic (exact) mass is 545 g/mol. The quantitative estimate of drug-likeness (QED) is 0.387. The van der Waals surface area contributed by atoms with Crippen LogP contribution in [0, 0.1) is 6.92 Å². The van der Waals surface area contributed by atoms with Crippen LogP contribution >= 0.6 is 0 Å². The van der Waals surface area contributed by atoms with E-state index in [9.17, 15) is 31.5 Å². The largest absolute Gasteiger partial charge is 0.490 e. The first kappa shape index (κ1) is 25.6. The standard InChI is InChI=1S/C26H22F3N3O5S/c1-15-9-16(3-5-21(15)25(33)34)10-19-12-17-11-18(26(27,28)29)14-30-24(17)32(19)38(35,36)20-4-6-23-22(13-20)31(2)7-8-37-23/h3-6,9,11-14H,7-8,10H2,1-2H3,(H,33,34). The van der Waals surface area contributed by atoms with Gasteiger partial charge in [0.25, 0.3) is 10.0 Å². The molecule has 0 atom stereocenters. The Morgan fingerprint density at radius 2 is 1.89 bits per heavy atom. The minimum absolute atomic E-state index is 0.00559. The van der Waals surface area contributed by atoms with Crippen molar-refractivity contribution >= 4 is 32.7 Å². The number of hydrogen-bond acceptors (Lipinski definition) is 6. The van der Waals surface area contributed by atoms with Crippen molar-refractivity contribution in [3.8, 4) is 5.75 Å². The number of carbonyl (C=O) groups is 1. The van der Waals surface area contributed by atoms with Crippen molar-refractivity contribution < 1.29 is 36.2 Å². The lowest BCUT2D eigenvalue weighted by Gasteiger charge is -2.28. The topological polar surface area (TPSA) is 102 Å². The van der Waals surface area contributed by atoms with Gasteiger partial charge in [0.1, 0.15) is 12.4 Å². The Morgan fingerprint density at radius 3 is 2.58 bits per heavy atom. The molecule has 0 spiro atoms. The summed E-state index contributed by atoms with van der Waals surface area (Å²) in [6, 6.07) is 11.2. The van der Waals surface area contributed by atoms with Crippen LogP contribution in [-0.4, -0.2) is 48.6 Å². The molecule has 4 aromatic rings. The first-order chi connectivity index (χ1) is 17.9. The van der Waals surface area contributed by atoms with E-state index in [0.29, 0.717) is 41.9 Å². The molecule has 198 valence electrons. The van der Waals surface area contributed by atoms with Gasteiger partial charge in [0.05, 0.1) is 28.3 Å². The number of anilines is 1. The molecule has 0 saturated heterocycles. The van der Waals surface area contributed by atoms with Crippen molar-refractivity contribution in [3.63, 3.8) is 0 Å². The van der Waals surface area contributed by atoms with Gasteiger partial charge in [-0.1, -0.05) is 12.1 Å². The summed E-state index contributed by atoms with van der Waals surface area (Å²) in [5.74, 6) is -0.576. The predicted octanol–water partition coefficient (Wildman–Crippen LogP) is 4.72. The number of carboxylic acid groups (broad SMARTS) is 1. The Bertz CT molecular complexity index is 1700. The Labute approximate surface area is 216 Å². The lowest BCUT2D eigenvalue weighted by Crippen LogP contribution is -2.29. The molecular weight excluding hydrogens is 523 g/mol. The molecule has 0 unspecified atom stereocenters. The number of hydrogen-bond donors (Lipinski definition) is 1. The number of fused-ring (bicyclic) bond motifs is 2. The second-order valence-electron chi connectivity index (χ2n) is 9.07.